The smallest absolute Gasteiger partial charge is 0.227 e. The molecule has 38 heavy (non-hydrogen) atoms. The molecule has 0 unspecified atom stereocenters. The molecule has 1 saturated carbocycles. The second-order valence-electron chi connectivity index (χ2n) is 10.8. The summed E-state index contributed by atoms with van der Waals surface area (Å²) in [5, 5.41) is 14.5. The van der Waals surface area contributed by atoms with Gasteiger partial charge < -0.3 is 14.8 Å². The van der Waals surface area contributed by atoms with Gasteiger partial charge in [-0.15, -0.1) is 5.10 Å². The van der Waals surface area contributed by atoms with Crippen LogP contribution in [0.4, 0.5) is 11.5 Å². The average Bonchev–Trinajstić information content (AvgIpc) is 3.27. The molecule has 0 atom stereocenters. The van der Waals surface area contributed by atoms with Crippen LogP contribution in [0.25, 0.3) is 21.8 Å². The lowest BCUT2D eigenvalue weighted by atomic mass is 9.88. The van der Waals surface area contributed by atoms with Crippen LogP contribution < -0.4 is 10.2 Å². The van der Waals surface area contributed by atoms with E-state index in [0.29, 0.717) is 0 Å². The number of benzene rings is 2. The third-order valence-corrected chi connectivity index (χ3v) is 8.39. The number of hydrogen-bond donors (Lipinski definition) is 1. The van der Waals surface area contributed by atoms with Crippen LogP contribution in [-0.4, -0.2) is 63.3 Å². The highest BCUT2D eigenvalue weighted by Gasteiger charge is 2.23. The van der Waals surface area contributed by atoms with Crippen molar-refractivity contribution in [2.24, 2.45) is 13.0 Å². The van der Waals surface area contributed by atoms with Gasteiger partial charge in [-0.3, -0.25) is 9.69 Å². The average molecular weight is 512 g/mol. The zero-order chi connectivity index (χ0) is 26.1. The Bertz CT molecular complexity index is 1450. The Kier molecular flexibility index (Phi) is 6.98. The molecule has 2 aromatic carbocycles. The fraction of sp³-hybridized carbons (Fsp3) is 0.467. The topological polar surface area (TPSA) is 79.2 Å². The van der Waals surface area contributed by atoms with E-state index in [-0.39, 0.29) is 11.8 Å². The highest BCUT2D eigenvalue weighted by molar-refractivity contribution is 5.95. The maximum Gasteiger partial charge on any atom is 0.227 e. The molecule has 8 nitrogen and oxygen atoms in total. The first-order valence-electron chi connectivity index (χ1n) is 14.0. The van der Waals surface area contributed by atoms with Crippen molar-refractivity contribution in [3.05, 3.63) is 54.0 Å². The number of carbonyl (C=O) groups excluding carboxylic acids is 1. The van der Waals surface area contributed by atoms with Gasteiger partial charge >= 0.3 is 0 Å². The molecule has 1 N–H and O–H groups in total. The van der Waals surface area contributed by atoms with Gasteiger partial charge in [0.1, 0.15) is 5.82 Å². The number of anilines is 2. The van der Waals surface area contributed by atoms with Crippen molar-refractivity contribution in [3.63, 3.8) is 0 Å². The van der Waals surface area contributed by atoms with Crippen molar-refractivity contribution < 1.29 is 4.79 Å². The zero-order valence-electron chi connectivity index (χ0n) is 22.5. The van der Waals surface area contributed by atoms with Gasteiger partial charge in [0, 0.05) is 68.6 Å². The number of aromatic nitrogens is 4. The molecule has 2 aliphatic rings. The molecule has 0 radical (unpaired) electrons. The van der Waals surface area contributed by atoms with E-state index in [9.17, 15) is 4.79 Å². The predicted molar refractivity (Wildman–Crippen MR) is 153 cm³/mol. The first-order chi connectivity index (χ1) is 18.6. The van der Waals surface area contributed by atoms with E-state index >= 15 is 0 Å². The van der Waals surface area contributed by atoms with Crippen LogP contribution in [0, 0.1) is 12.8 Å². The van der Waals surface area contributed by atoms with Crippen LogP contribution in [0.2, 0.25) is 0 Å². The second-order valence-corrected chi connectivity index (χ2v) is 10.8. The number of fused-ring (bicyclic) bond motifs is 2. The molecule has 1 saturated heterocycles. The molecule has 0 bridgehead atoms. The number of amides is 1. The summed E-state index contributed by atoms with van der Waals surface area (Å²) in [6, 6.07) is 14.5. The normalized spacial score (nSPS) is 17.4. The summed E-state index contributed by atoms with van der Waals surface area (Å²) in [4.78, 5) is 22.5. The predicted octanol–water partition coefficient (Wildman–Crippen LogP) is 4.71. The van der Waals surface area contributed by atoms with Crippen LogP contribution in [0.5, 0.6) is 0 Å². The van der Waals surface area contributed by atoms with Crippen LogP contribution in [0.15, 0.2) is 42.5 Å². The Labute approximate surface area is 224 Å². The molecule has 0 spiro atoms. The summed E-state index contributed by atoms with van der Waals surface area (Å²) in [5.74, 6) is 2.38. The summed E-state index contributed by atoms with van der Waals surface area (Å²) in [6.45, 7) is 6.85. The summed E-state index contributed by atoms with van der Waals surface area (Å²) < 4.78 is 2.19. The van der Waals surface area contributed by atoms with Gasteiger partial charge in [-0.05, 0) is 38.0 Å². The van der Waals surface area contributed by atoms with Crippen molar-refractivity contribution in [2.45, 2.75) is 45.4 Å². The zero-order valence-corrected chi connectivity index (χ0v) is 22.5. The number of imidazole rings is 1. The van der Waals surface area contributed by atoms with E-state index < -0.39 is 0 Å². The van der Waals surface area contributed by atoms with Gasteiger partial charge in [0.2, 0.25) is 5.91 Å². The first-order valence-corrected chi connectivity index (χ1v) is 14.0. The first kappa shape index (κ1) is 24.8. The molecule has 8 heteroatoms. The number of rotatable bonds is 6. The highest BCUT2D eigenvalue weighted by Crippen LogP contribution is 2.28. The van der Waals surface area contributed by atoms with Crippen molar-refractivity contribution in [2.75, 3.05) is 42.9 Å². The van der Waals surface area contributed by atoms with E-state index in [1.165, 1.54) is 17.2 Å². The molecule has 1 amide bonds. The lowest BCUT2D eigenvalue weighted by Gasteiger charge is -2.35. The largest absolute Gasteiger partial charge is 0.352 e. The summed E-state index contributed by atoms with van der Waals surface area (Å²) in [5.41, 5.74) is 3.87. The molecule has 6 rings (SSSR count). The minimum absolute atomic E-state index is 0.149. The van der Waals surface area contributed by atoms with E-state index in [0.717, 1.165) is 98.9 Å². The number of carbonyl (C=O) groups is 1. The monoisotopic (exact) mass is 511 g/mol. The van der Waals surface area contributed by atoms with E-state index in [1.54, 1.807) is 0 Å². The lowest BCUT2D eigenvalue weighted by Crippen LogP contribution is -2.47. The highest BCUT2D eigenvalue weighted by atomic mass is 16.1. The Balaban J connectivity index is 1.07. The SMILES string of the molecule is Cc1nnc(N2CCN(CCc3nc4cc(NC(=O)C5CCCCC5)ccc4n3C)CC2)c2ccccc12. The minimum atomic E-state index is 0.149. The third kappa shape index (κ3) is 4.97. The molecule has 4 aromatic rings. The molecule has 2 fully saturated rings. The van der Waals surface area contributed by atoms with Crippen LogP contribution in [0.1, 0.15) is 43.6 Å². The Morgan fingerprint density at radius 3 is 2.53 bits per heavy atom. The Morgan fingerprint density at radius 1 is 0.974 bits per heavy atom. The van der Waals surface area contributed by atoms with E-state index in [2.05, 4.69) is 67.3 Å². The summed E-state index contributed by atoms with van der Waals surface area (Å²) in [7, 11) is 2.09. The lowest BCUT2D eigenvalue weighted by molar-refractivity contribution is -0.120. The summed E-state index contributed by atoms with van der Waals surface area (Å²) in [6.07, 6.45) is 6.47. The second kappa shape index (κ2) is 10.7. The molecule has 1 aliphatic heterocycles. The van der Waals surface area contributed by atoms with E-state index in [4.69, 9.17) is 4.98 Å². The van der Waals surface area contributed by atoms with Gasteiger partial charge in [0.25, 0.3) is 0 Å². The Morgan fingerprint density at radius 2 is 1.74 bits per heavy atom. The number of aryl methyl sites for hydroxylation is 2. The number of nitrogens with one attached hydrogen (secondary N) is 1. The van der Waals surface area contributed by atoms with Crippen molar-refractivity contribution in [1.82, 2.24) is 24.6 Å². The number of nitrogens with zero attached hydrogens (tertiary/aromatic N) is 6. The van der Waals surface area contributed by atoms with Crippen molar-refractivity contribution in [3.8, 4) is 0 Å². The molecular formula is C30H37N7O. The van der Waals surface area contributed by atoms with Crippen molar-refractivity contribution in [1.29, 1.82) is 0 Å². The maximum absolute atomic E-state index is 12.7. The molecule has 3 heterocycles. The van der Waals surface area contributed by atoms with Crippen LogP contribution >= 0.6 is 0 Å². The van der Waals surface area contributed by atoms with Gasteiger partial charge in [0.15, 0.2) is 5.82 Å². The Hall–Kier alpha value is -3.52. The van der Waals surface area contributed by atoms with Crippen molar-refractivity contribution >= 4 is 39.2 Å². The molecule has 2 aromatic heterocycles. The quantitative estimate of drug-likeness (QED) is 0.404. The van der Waals surface area contributed by atoms with Gasteiger partial charge in [-0.1, -0.05) is 43.5 Å². The van der Waals surface area contributed by atoms with Gasteiger partial charge in [0.05, 0.1) is 16.7 Å². The minimum Gasteiger partial charge on any atom is -0.352 e. The summed E-state index contributed by atoms with van der Waals surface area (Å²) >= 11 is 0. The number of hydrogen-bond acceptors (Lipinski definition) is 6. The fourth-order valence-corrected chi connectivity index (χ4v) is 6.06. The fourth-order valence-electron chi connectivity index (χ4n) is 6.06. The van der Waals surface area contributed by atoms with E-state index in [1.807, 2.05) is 19.1 Å². The molecular weight excluding hydrogens is 474 g/mol. The van der Waals surface area contributed by atoms with Gasteiger partial charge in [-0.2, -0.15) is 5.10 Å². The molecule has 198 valence electrons. The third-order valence-electron chi connectivity index (χ3n) is 8.39. The van der Waals surface area contributed by atoms with Crippen LogP contribution in [-0.2, 0) is 18.3 Å². The number of piperazine rings is 1. The standard InChI is InChI=1S/C30H37N7O/c1-21-24-10-6-7-11-25(24)29(34-33-21)37-18-16-36(17-19-37)15-14-28-32-26-20-23(12-13-27(26)35(28)2)31-30(38)22-8-4-3-5-9-22/h6-7,10-13,20,22H,3-5,8-9,14-19H2,1-2H3,(H,31,38). The van der Waals surface area contributed by atoms with Crippen LogP contribution in [0.3, 0.4) is 0 Å². The maximum atomic E-state index is 12.7. The molecule has 1 aliphatic carbocycles. The van der Waals surface area contributed by atoms with Gasteiger partial charge in [-0.25, -0.2) is 4.98 Å².